The first-order valence-corrected chi connectivity index (χ1v) is 9.23. The molecule has 4 heterocycles. The Labute approximate surface area is 163 Å². The molecule has 5 rings (SSSR count). The molecule has 8 heteroatoms. The Kier molecular flexibility index (Phi) is 4.39. The molecule has 2 saturated heterocycles. The summed E-state index contributed by atoms with van der Waals surface area (Å²) in [6.45, 7) is 3.04. The van der Waals surface area contributed by atoms with Crippen molar-refractivity contribution in [2.45, 2.75) is 43.7 Å². The SMILES string of the molecule is Cl.O=C1CC[C@H](N2Cc3cc4c(cc3C2=O)OCC42CCNCC2)C(=O)N1. The molecule has 4 aliphatic rings. The lowest BCUT2D eigenvalue weighted by Crippen LogP contribution is -2.52. The predicted molar refractivity (Wildman–Crippen MR) is 99.0 cm³/mol. The van der Waals surface area contributed by atoms with Crippen molar-refractivity contribution < 1.29 is 19.1 Å². The summed E-state index contributed by atoms with van der Waals surface area (Å²) in [5.41, 5.74) is 2.83. The van der Waals surface area contributed by atoms with Crippen LogP contribution in [0.15, 0.2) is 12.1 Å². The van der Waals surface area contributed by atoms with Crippen molar-refractivity contribution in [1.82, 2.24) is 15.5 Å². The average Bonchev–Trinajstić information content (AvgIpc) is 3.13. The zero-order valence-electron chi connectivity index (χ0n) is 14.9. The Bertz CT molecular complexity index is 834. The number of halogens is 1. The third kappa shape index (κ3) is 2.72. The summed E-state index contributed by atoms with van der Waals surface area (Å²) in [5.74, 6) is 0.0212. The van der Waals surface area contributed by atoms with Gasteiger partial charge in [-0.3, -0.25) is 19.7 Å². The molecular weight excluding hydrogens is 370 g/mol. The van der Waals surface area contributed by atoms with Crippen LogP contribution < -0.4 is 15.4 Å². The monoisotopic (exact) mass is 391 g/mol. The highest BCUT2D eigenvalue weighted by Crippen LogP contribution is 2.46. The maximum absolute atomic E-state index is 12.9. The van der Waals surface area contributed by atoms with Crippen molar-refractivity contribution in [3.63, 3.8) is 0 Å². The molecule has 7 nitrogen and oxygen atoms in total. The van der Waals surface area contributed by atoms with E-state index < -0.39 is 6.04 Å². The van der Waals surface area contributed by atoms with Crippen LogP contribution in [0.5, 0.6) is 5.75 Å². The minimum atomic E-state index is -0.573. The van der Waals surface area contributed by atoms with Crippen molar-refractivity contribution >= 4 is 30.1 Å². The average molecular weight is 392 g/mol. The third-order valence-electron chi connectivity index (χ3n) is 6.26. The van der Waals surface area contributed by atoms with Gasteiger partial charge in [0.2, 0.25) is 11.8 Å². The molecule has 3 amide bonds. The highest BCUT2D eigenvalue weighted by molar-refractivity contribution is 6.05. The van der Waals surface area contributed by atoms with Gasteiger partial charge in [-0.25, -0.2) is 0 Å². The molecule has 0 aliphatic carbocycles. The minimum Gasteiger partial charge on any atom is -0.492 e. The van der Waals surface area contributed by atoms with Crippen LogP contribution in [0.25, 0.3) is 0 Å². The van der Waals surface area contributed by atoms with Crippen LogP contribution in [0, 0.1) is 0 Å². The number of hydrogen-bond acceptors (Lipinski definition) is 5. The van der Waals surface area contributed by atoms with Gasteiger partial charge in [-0.2, -0.15) is 0 Å². The van der Waals surface area contributed by atoms with E-state index in [9.17, 15) is 14.4 Å². The number of benzene rings is 1. The van der Waals surface area contributed by atoms with Crippen molar-refractivity contribution in [3.8, 4) is 5.75 Å². The van der Waals surface area contributed by atoms with E-state index in [0.29, 0.717) is 25.1 Å². The normalized spacial score (nSPS) is 25.6. The molecule has 2 N–H and O–H groups in total. The number of fused-ring (bicyclic) bond motifs is 3. The molecule has 2 fully saturated rings. The smallest absolute Gasteiger partial charge is 0.255 e. The van der Waals surface area contributed by atoms with Gasteiger partial charge in [0.25, 0.3) is 5.91 Å². The molecule has 1 aromatic rings. The van der Waals surface area contributed by atoms with Crippen molar-refractivity contribution in [3.05, 3.63) is 28.8 Å². The van der Waals surface area contributed by atoms with Gasteiger partial charge in [0.15, 0.2) is 0 Å². The van der Waals surface area contributed by atoms with E-state index in [1.807, 2.05) is 6.07 Å². The lowest BCUT2D eigenvalue weighted by molar-refractivity contribution is -0.136. The molecule has 4 aliphatic heterocycles. The molecule has 0 bridgehead atoms. The number of hydrogen-bond donors (Lipinski definition) is 2. The summed E-state index contributed by atoms with van der Waals surface area (Å²) >= 11 is 0. The van der Waals surface area contributed by atoms with E-state index in [4.69, 9.17) is 4.74 Å². The second-order valence-electron chi connectivity index (χ2n) is 7.72. The molecule has 27 heavy (non-hydrogen) atoms. The maximum atomic E-state index is 12.9. The number of rotatable bonds is 1. The fourth-order valence-electron chi connectivity index (χ4n) is 4.74. The number of nitrogens with zero attached hydrogens (tertiary/aromatic N) is 1. The topological polar surface area (TPSA) is 87.7 Å². The van der Waals surface area contributed by atoms with Crippen LogP contribution >= 0.6 is 12.4 Å². The quantitative estimate of drug-likeness (QED) is 0.694. The molecule has 1 spiro atoms. The van der Waals surface area contributed by atoms with Crippen LogP contribution in [0.3, 0.4) is 0 Å². The van der Waals surface area contributed by atoms with Gasteiger partial charge in [-0.15, -0.1) is 12.4 Å². The number of nitrogens with one attached hydrogen (secondary N) is 2. The van der Waals surface area contributed by atoms with E-state index in [1.165, 1.54) is 5.56 Å². The van der Waals surface area contributed by atoms with Gasteiger partial charge >= 0.3 is 0 Å². The van der Waals surface area contributed by atoms with Gasteiger partial charge in [0, 0.05) is 29.5 Å². The van der Waals surface area contributed by atoms with Crippen LogP contribution in [0.2, 0.25) is 0 Å². The molecular formula is C19H22ClN3O4. The lowest BCUT2D eigenvalue weighted by atomic mass is 9.74. The number of imide groups is 1. The Morgan fingerprint density at radius 2 is 1.93 bits per heavy atom. The van der Waals surface area contributed by atoms with Crippen molar-refractivity contribution in [1.29, 1.82) is 0 Å². The fourth-order valence-corrected chi connectivity index (χ4v) is 4.74. The van der Waals surface area contributed by atoms with Gasteiger partial charge in [-0.05, 0) is 50.0 Å². The van der Waals surface area contributed by atoms with Crippen molar-refractivity contribution in [2.24, 2.45) is 0 Å². The first-order chi connectivity index (χ1) is 12.6. The Morgan fingerprint density at radius 3 is 2.67 bits per heavy atom. The van der Waals surface area contributed by atoms with Crippen molar-refractivity contribution in [2.75, 3.05) is 19.7 Å². The fraction of sp³-hybridized carbons (Fsp3) is 0.526. The highest BCUT2D eigenvalue weighted by atomic mass is 35.5. The summed E-state index contributed by atoms with van der Waals surface area (Å²) < 4.78 is 5.96. The van der Waals surface area contributed by atoms with E-state index >= 15 is 0 Å². The van der Waals surface area contributed by atoms with Crippen LogP contribution in [-0.4, -0.2) is 48.4 Å². The van der Waals surface area contributed by atoms with E-state index in [0.717, 1.165) is 37.2 Å². The van der Waals surface area contributed by atoms with Crippen LogP contribution in [-0.2, 0) is 21.5 Å². The Balaban J connectivity index is 0.00000180. The molecule has 0 saturated carbocycles. The van der Waals surface area contributed by atoms with Gasteiger partial charge in [0.1, 0.15) is 11.8 Å². The second kappa shape index (κ2) is 6.49. The summed E-state index contributed by atoms with van der Waals surface area (Å²) in [4.78, 5) is 38.0. The zero-order valence-corrected chi connectivity index (χ0v) is 15.7. The van der Waals surface area contributed by atoms with Crippen LogP contribution in [0.4, 0.5) is 0 Å². The van der Waals surface area contributed by atoms with E-state index in [-0.39, 0.29) is 42.0 Å². The van der Waals surface area contributed by atoms with Gasteiger partial charge in [-0.1, -0.05) is 0 Å². The molecule has 0 unspecified atom stereocenters. The molecule has 1 atom stereocenters. The molecule has 0 aromatic heterocycles. The standard InChI is InChI=1S/C19H21N3O4.ClH/c23-16-2-1-14(17(24)21-16)22-9-11-7-13-15(8-12(11)18(22)25)26-10-19(13)3-5-20-6-4-19;/h7-8,14,20H,1-6,9-10H2,(H,21,23,24);1H/t14-;/m0./s1. The number of piperidine rings is 2. The number of ether oxygens (including phenoxy) is 1. The first kappa shape index (κ1) is 18.3. The summed E-state index contributed by atoms with van der Waals surface area (Å²) in [7, 11) is 0. The second-order valence-corrected chi connectivity index (χ2v) is 7.72. The van der Waals surface area contributed by atoms with E-state index in [2.05, 4.69) is 16.7 Å². The van der Waals surface area contributed by atoms with Gasteiger partial charge < -0.3 is 15.0 Å². The predicted octanol–water partition coefficient (Wildman–Crippen LogP) is 0.883. The number of carbonyl (C=O) groups excluding carboxylic acids is 3. The Morgan fingerprint density at radius 1 is 1.15 bits per heavy atom. The number of carbonyl (C=O) groups is 3. The largest absolute Gasteiger partial charge is 0.492 e. The highest BCUT2D eigenvalue weighted by Gasteiger charge is 2.45. The molecule has 144 valence electrons. The summed E-state index contributed by atoms with van der Waals surface area (Å²) in [6, 6.07) is 3.40. The lowest BCUT2D eigenvalue weighted by Gasteiger charge is -2.32. The summed E-state index contributed by atoms with van der Waals surface area (Å²) in [6.07, 6.45) is 2.72. The maximum Gasteiger partial charge on any atom is 0.255 e. The van der Waals surface area contributed by atoms with Crippen LogP contribution in [0.1, 0.15) is 47.2 Å². The molecule has 1 aromatic carbocycles. The Hall–Kier alpha value is -2.12. The minimum absolute atomic E-state index is 0. The summed E-state index contributed by atoms with van der Waals surface area (Å²) in [5, 5.41) is 5.74. The number of amides is 3. The third-order valence-corrected chi connectivity index (χ3v) is 6.26. The van der Waals surface area contributed by atoms with Gasteiger partial charge in [0.05, 0.1) is 6.61 Å². The zero-order chi connectivity index (χ0) is 17.9. The first-order valence-electron chi connectivity index (χ1n) is 9.23. The molecule has 0 radical (unpaired) electrons. The van der Waals surface area contributed by atoms with E-state index in [1.54, 1.807) is 4.90 Å².